The SMILES string of the molecule is Cc1noc(NCC2CCCC2O)n1. The second kappa shape index (κ2) is 3.96. The summed E-state index contributed by atoms with van der Waals surface area (Å²) in [5.74, 6) is 0.946. The van der Waals surface area contributed by atoms with Crippen LogP contribution < -0.4 is 5.32 Å². The van der Waals surface area contributed by atoms with E-state index in [-0.39, 0.29) is 6.10 Å². The first-order chi connectivity index (χ1) is 6.75. The average Bonchev–Trinajstić information content (AvgIpc) is 2.72. The zero-order chi connectivity index (χ0) is 9.97. The van der Waals surface area contributed by atoms with Crippen LogP contribution in [-0.4, -0.2) is 27.9 Å². The van der Waals surface area contributed by atoms with E-state index in [1.807, 2.05) is 0 Å². The minimum atomic E-state index is -0.175. The minimum absolute atomic E-state index is 0.175. The first-order valence-electron chi connectivity index (χ1n) is 4.98. The number of hydrogen-bond acceptors (Lipinski definition) is 5. The third-order valence-corrected chi connectivity index (χ3v) is 2.66. The number of hydrogen-bond donors (Lipinski definition) is 2. The van der Waals surface area contributed by atoms with Crippen LogP contribution in [0.15, 0.2) is 4.52 Å². The Morgan fingerprint density at radius 1 is 1.57 bits per heavy atom. The largest absolute Gasteiger partial charge is 0.393 e. The van der Waals surface area contributed by atoms with Crippen molar-refractivity contribution in [1.29, 1.82) is 0 Å². The molecule has 0 bridgehead atoms. The van der Waals surface area contributed by atoms with Gasteiger partial charge in [0.1, 0.15) is 0 Å². The van der Waals surface area contributed by atoms with E-state index in [1.54, 1.807) is 6.92 Å². The molecule has 0 saturated heterocycles. The fraction of sp³-hybridized carbons (Fsp3) is 0.778. The molecule has 14 heavy (non-hydrogen) atoms. The van der Waals surface area contributed by atoms with Crippen molar-refractivity contribution in [2.24, 2.45) is 5.92 Å². The Hall–Kier alpha value is -1.10. The molecule has 0 aliphatic heterocycles. The van der Waals surface area contributed by atoms with Crippen molar-refractivity contribution in [3.8, 4) is 0 Å². The number of aliphatic hydroxyl groups is 1. The summed E-state index contributed by atoms with van der Waals surface area (Å²) in [6.45, 7) is 2.49. The molecule has 2 N–H and O–H groups in total. The number of aliphatic hydroxyl groups excluding tert-OH is 1. The predicted octanol–water partition coefficient (Wildman–Crippen LogP) is 0.951. The maximum absolute atomic E-state index is 9.57. The van der Waals surface area contributed by atoms with Crippen LogP contribution in [0.2, 0.25) is 0 Å². The van der Waals surface area contributed by atoms with Crippen LogP contribution >= 0.6 is 0 Å². The maximum Gasteiger partial charge on any atom is 0.321 e. The Kier molecular flexibility index (Phi) is 2.67. The van der Waals surface area contributed by atoms with Gasteiger partial charge in [-0.05, 0) is 19.8 Å². The number of nitrogens with one attached hydrogen (secondary N) is 1. The standard InChI is InChI=1S/C9H15N3O2/c1-6-11-9(14-12-6)10-5-7-3-2-4-8(7)13/h7-8,13H,2-5H2,1H3,(H,10,11,12). The monoisotopic (exact) mass is 197 g/mol. The Balaban J connectivity index is 1.82. The van der Waals surface area contributed by atoms with Gasteiger partial charge in [-0.1, -0.05) is 11.6 Å². The van der Waals surface area contributed by atoms with E-state index in [0.717, 1.165) is 19.3 Å². The fourth-order valence-electron chi connectivity index (χ4n) is 1.84. The van der Waals surface area contributed by atoms with Crippen molar-refractivity contribution >= 4 is 6.01 Å². The van der Waals surface area contributed by atoms with Gasteiger partial charge in [0.15, 0.2) is 5.82 Å². The van der Waals surface area contributed by atoms with Crippen molar-refractivity contribution in [3.05, 3.63) is 5.82 Å². The van der Waals surface area contributed by atoms with E-state index in [9.17, 15) is 5.11 Å². The Labute approximate surface area is 82.5 Å². The topological polar surface area (TPSA) is 71.2 Å². The van der Waals surface area contributed by atoms with Crippen LogP contribution in [0.1, 0.15) is 25.1 Å². The molecule has 0 spiro atoms. The second-order valence-electron chi connectivity index (χ2n) is 3.79. The van der Waals surface area contributed by atoms with E-state index >= 15 is 0 Å². The molecule has 1 heterocycles. The molecule has 0 aromatic carbocycles. The Bertz CT molecular complexity index is 300. The molecule has 0 radical (unpaired) electrons. The van der Waals surface area contributed by atoms with E-state index < -0.39 is 0 Å². The lowest BCUT2D eigenvalue weighted by molar-refractivity contribution is 0.138. The summed E-state index contributed by atoms with van der Waals surface area (Å²) >= 11 is 0. The summed E-state index contributed by atoms with van der Waals surface area (Å²) in [5.41, 5.74) is 0. The van der Waals surface area contributed by atoms with Crippen LogP contribution in [0, 0.1) is 12.8 Å². The quantitative estimate of drug-likeness (QED) is 0.755. The molecule has 1 fully saturated rings. The van der Waals surface area contributed by atoms with Gasteiger partial charge >= 0.3 is 6.01 Å². The lowest BCUT2D eigenvalue weighted by atomic mass is 10.1. The van der Waals surface area contributed by atoms with Gasteiger partial charge < -0.3 is 14.9 Å². The van der Waals surface area contributed by atoms with Gasteiger partial charge in [0.25, 0.3) is 0 Å². The van der Waals surface area contributed by atoms with Gasteiger partial charge in [-0.2, -0.15) is 4.98 Å². The summed E-state index contributed by atoms with van der Waals surface area (Å²) < 4.78 is 4.91. The highest BCUT2D eigenvalue weighted by Gasteiger charge is 2.25. The zero-order valence-electron chi connectivity index (χ0n) is 8.23. The molecular weight excluding hydrogens is 182 g/mol. The highest BCUT2D eigenvalue weighted by molar-refractivity contribution is 5.18. The number of anilines is 1. The summed E-state index contributed by atoms with van der Waals surface area (Å²) in [6.07, 6.45) is 2.92. The lowest BCUT2D eigenvalue weighted by Gasteiger charge is -2.13. The molecule has 1 aliphatic carbocycles. The molecule has 0 amide bonds. The van der Waals surface area contributed by atoms with Crippen LogP contribution in [0.4, 0.5) is 6.01 Å². The van der Waals surface area contributed by atoms with Crippen LogP contribution in [0.3, 0.4) is 0 Å². The van der Waals surface area contributed by atoms with E-state index in [2.05, 4.69) is 15.5 Å². The third kappa shape index (κ3) is 2.04. The number of aryl methyl sites for hydroxylation is 1. The van der Waals surface area contributed by atoms with E-state index in [1.165, 1.54) is 0 Å². The van der Waals surface area contributed by atoms with Crippen molar-refractivity contribution < 1.29 is 9.63 Å². The van der Waals surface area contributed by atoms with Crippen molar-refractivity contribution in [3.63, 3.8) is 0 Å². The smallest absolute Gasteiger partial charge is 0.321 e. The van der Waals surface area contributed by atoms with E-state index in [0.29, 0.717) is 24.3 Å². The van der Waals surface area contributed by atoms with Crippen molar-refractivity contribution in [1.82, 2.24) is 10.1 Å². The van der Waals surface area contributed by atoms with Gasteiger partial charge in [-0.15, -0.1) is 0 Å². The summed E-state index contributed by atoms with van der Waals surface area (Å²) in [5, 5.41) is 16.3. The maximum atomic E-state index is 9.57. The molecule has 2 unspecified atom stereocenters. The molecule has 5 heteroatoms. The normalized spacial score (nSPS) is 26.7. The van der Waals surface area contributed by atoms with E-state index in [4.69, 9.17) is 4.52 Å². The predicted molar refractivity (Wildman–Crippen MR) is 50.9 cm³/mol. The van der Waals surface area contributed by atoms with Crippen LogP contribution in [-0.2, 0) is 0 Å². The average molecular weight is 197 g/mol. The zero-order valence-corrected chi connectivity index (χ0v) is 8.23. The molecule has 2 atom stereocenters. The first-order valence-corrected chi connectivity index (χ1v) is 4.98. The second-order valence-corrected chi connectivity index (χ2v) is 3.79. The first kappa shape index (κ1) is 9.45. The summed E-state index contributed by atoms with van der Waals surface area (Å²) in [7, 11) is 0. The minimum Gasteiger partial charge on any atom is -0.393 e. The molecule has 5 nitrogen and oxygen atoms in total. The molecular formula is C9H15N3O2. The molecule has 78 valence electrons. The lowest BCUT2D eigenvalue weighted by Crippen LogP contribution is -2.21. The highest BCUT2D eigenvalue weighted by atomic mass is 16.5. The molecule has 1 saturated carbocycles. The van der Waals surface area contributed by atoms with Crippen molar-refractivity contribution in [2.45, 2.75) is 32.3 Å². The van der Waals surface area contributed by atoms with Gasteiger partial charge in [-0.3, -0.25) is 0 Å². The molecule has 1 aromatic rings. The summed E-state index contributed by atoms with van der Waals surface area (Å²) in [4.78, 5) is 4.03. The Morgan fingerprint density at radius 2 is 2.43 bits per heavy atom. The molecule has 1 aromatic heterocycles. The van der Waals surface area contributed by atoms with Gasteiger partial charge in [-0.25, -0.2) is 0 Å². The number of rotatable bonds is 3. The fourth-order valence-corrected chi connectivity index (χ4v) is 1.84. The van der Waals surface area contributed by atoms with Crippen LogP contribution in [0.5, 0.6) is 0 Å². The summed E-state index contributed by atoms with van der Waals surface area (Å²) in [6, 6.07) is 0.446. The molecule has 2 rings (SSSR count). The highest BCUT2D eigenvalue weighted by Crippen LogP contribution is 2.25. The number of nitrogens with zero attached hydrogens (tertiary/aromatic N) is 2. The molecule has 1 aliphatic rings. The Morgan fingerprint density at radius 3 is 3.00 bits per heavy atom. The number of aromatic nitrogens is 2. The van der Waals surface area contributed by atoms with Crippen LogP contribution in [0.25, 0.3) is 0 Å². The van der Waals surface area contributed by atoms with Gasteiger partial charge in [0.2, 0.25) is 0 Å². The van der Waals surface area contributed by atoms with Gasteiger partial charge in [0.05, 0.1) is 6.10 Å². The van der Waals surface area contributed by atoms with Crippen molar-refractivity contribution in [2.75, 3.05) is 11.9 Å². The third-order valence-electron chi connectivity index (χ3n) is 2.66. The van der Waals surface area contributed by atoms with Gasteiger partial charge in [0, 0.05) is 12.5 Å².